The van der Waals surface area contributed by atoms with Crippen molar-refractivity contribution in [2.24, 2.45) is 4.99 Å². The molecule has 1 aromatic heterocycles. The van der Waals surface area contributed by atoms with E-state index in [1.165, 1.54) is 29.9 Å². The highest BCUT2D eigenvalue weighted by Crippen LogP contribution is 2.32. The predicted molar refractivity (Wildman–Crippen MR) is 139 cm³/mol. The van der Waals surface area contributed by atoms with Gasteiger partial charge in [0.05, 0.1) is 29.0 Å². The van der Waals surface area contributed by atoms with Crippen LogP contribution >= 0.6 is 11.3 Å². The van der Waals surface area contributed by atoms with Crippen molar-refractivity contribution < 1.29 is 23.8 Å². The van der Waals surface area contributed by atoms with Crippen LogP contribution in [0.5, 0.6) is 11.5 Å². The number of carbonyl (C=O) groups excluding carboxylic acids is 2. The highest BCUT2D eigenvalue weighted by molar-refractivity contribution is 7.07. The fraction of sp³-hybridized carbons (Fsp3) is 0.214. The van der Waals surface area contributed by atoms with Crippen molar-refractivity contribution >= 4 is 35.4 Å². The lowest BCUT2D eigenvalue weighted by molar-refractivity contribution is -0.136. The molecule has 2 atom stereocenters. The average molecular weight is 517 g/mol. The number of nitrogens with zero attached hydrogens (tertiary/aromatic N) is 2. The zero-order chi connectivity index (χ0) is 26.3. The molecule has 3 heterocycles. The van der Waals surface area contributed by atoms with E-state index >= 15 is 0 Å². The van der Waals surface area contributed by atoms with Crippen LogP contribution in [0.2, 0.25) is 0 Å². The maximum Gasteiger partial charge on any atom is 0.338 e. The predicted octanol–water partition coefficient (Wildman–Crippen LogP) is 3.15. The summed E-state index contributed by atoms with van der Waals surface area (Å²) < 4.78 is 18.2. The number of ether oxygens (including phenoxy) is 3. The molecule has 2 aromatic carbocycles. The summed E-state index contributed by atoms with van der Waals surface area (Å²) in [6, 6.07) is 13.7. The third-order valence-electron chi connectivity index (χ3n) is 6.20. The van der Waals surface area contributed by atoms with E-state index in [2.05, 4.69) is 4.99 Å². The zero-order valence-electron chi connectivity index (χ0n) is 20.7. The van der Waals surface area contributed by atoms with Gasteiger partial charge in [-0.3, -0.25) is 14.2 Å². The van der Waals surface area contributed by atoms with Crippen molar-refractivity contribution in [3.8, 4) is 11.5 Å². The van der Waals surface area contributed by atoms with Crippen LogP contribution in [0.4, 0.5) is 0 Å². The SMILES string of the molecule is COC(=O)C1=C(C)N=c2sc(=CC3=Cc4ccccc4OC3C)c(=O)n2C1c1ccc(OC(C)=O)cc1. The Labute approximate surface area is 216 Å². The van der Waals surface area contributed by atoms with Crippen LogP contribution in [0.1, 0.15) is 37.9 Å². The van der Waals surface area contributed by atoms with Crippen LogP contribution in [-0.2, 0) is 14.3 Å². The summed E-state index contributed by atoms with van der Waals surface area (Å²) in [5.41, 5.74) is 2.91. The van der Waals surface area contributed by atoms with E-state index in [4.69, 9.17) is 14.2 Å². The molecule has 5 rings (SSSR count). The maximum atomic E-state index is 13.8. The number of hydrogen-bond acceptors (Lipinski definition) is 8. The zero-order valence-corrected chi connectivity index (χ0v) is 21.5. The number of para-hydroxylation sites is 1. The number of thiazole rings is 1. The largest absolute Gasteiger partial charge is 0.485 e. The second-order valence-corrected chi connectivity index (χ2v) is 9.69. The van der Waals surface area contributed by atoms with Gasteiger partial charge >= 0.3 is 11.9 Å². The number of carbonyl (C=O) groups is 2. The molecule has 2 aliphatic rings. The minimum atomic E-state index is -0.757. The van der Waals surface area contributed by atoms with E-state index in [0.29, 0.717) is 26.3 Å². The molecule has 0 aliphatic carbocycles. The van der Waals surface area contributed by atoms with Gasteiger partial charge in [-0.1, -0.05) is 41.7 Å². The number of esters is 2. The van der Waals surface area contributed by atoms with Crippen molar-refractivity contribution in [2.45, 2.75) is 32.9 Å². The van der Waals surface area contributed by atoms with Crippen LogP contribution in [0.15, 0.2) is 75.2 Å². The lowest BCUT2D eigenvalue weighted by Gasteiger charge is -2.24. The first kappa shape index (κ1) is 24.5. The number of methoxy groups -OCH3 is 1. The molecule has 2 aliphatic heterocycles. The Morgan fingerprint density at radius 3 is 2.57 bits per heavy atom. The van der Waals surface area contributed by atoms with E-state index in [9.17, 15) is 14.4 Å². The fourth-order valence-electron chi connectivity index (χ4n) is 4.47. The average Bonchev–Trinajstić information content (AvgIpc) is 3.17. The second kappa shape index (κ2) is 9.67. The van der Waals surface area contributed by atoms with Gasteiger partial charge in [0, 0.05) is 12.5 Å². The quantitative estimate of drug-likeness (QED) is 0.391. The van der Waals surface area contributed by atoms with E-state index in [-0.39, 0.29) is 17.2 Å². The minimum Gasteiger partial charge on any atom is -0.485 e. The van der Waals surface area contributed by atoms with Crippen molar-refractivity contribution in [1.82, 2.24) is 4.57 Å². The molecule has 0 radical (unpaired) electrons. The molecule has 0 saturated carbocycles. The third-order valence-corrected chi connectivity index (χ3v) is 7.18. The fourth-order valence-corrected chi connectivity index (χ4v) is 5.51. The highest BCUT2D eigenvalue weighted by atomic mass is 32.1. The number of allylic oxidation sites excluding steroid dienone is 1. The van der Waals surface area contributed by atoms with Gasteiger partial charge in [-0.25, -0.2) is 9.79 Å². The summed E-state index contributed by atoms with van der Waals surface area (Å²) in [5, 5.41) is 0. The van der Waals surface area contributed by atoms with Gasteiger partial charge in [0.1, 0.15) is 17.6 Å². The first-order chi connectivity index (χ1) is 17.8. The number of hydrogen-bond donors (Lipinski definition) is 0. The number of rotatable bonds is 4. The molecule has 0 spiro atoms. The Kier molecular flexibility index (Phi) is 6.39. The van der Waals surface area contributed by atoms with Crippen LogP contribution in [-0.4, -0.2) is 29.7 Å². The molecule has 9 heteroatoms. The van der Waals surface area contributed by atoms with Gasteiger partial charge in [-0.05, 0) is 55.3 Å². The summed E-state index contributed by atoms with van der Waals surface area (Å²) in [5.74, 6) is 0.148. The smallest absolute Gasteiger partial charge is 0.338 e. The normalized spacial score (nSPS) is 18.7. The van der Waals surface area contributed by atoms with E-state index < -0.39 is 18.0 Å². The standard InChI is InChI=1S/C28H24N2O6S/c1-15-24(27(33)34-4)25(18-9-11-21(12-10-18)36-17(3)31)30-26(32)23(37-28(30)29-15)14-20-13-19-7-5-6-8-22(19)35-16(20)2/h5-14,16,25H,1-4H3. The molecule has 3 aromatic rings. The maximum absolute atomic E-state index is 13.8. The van der Waals surface area contributed by atoms with Crippen LogP contribution in [0, 0.1) is 0 Å². The Bertz CT molecular complexity index is 1660. The Morgan fingerprint density at radius 1 is 1.14 bits per heavy atom. The summed E-state index contributed by atoms with van der Waals surface area (Å²) in [7, 11) is 1.30. The molecule has 0 N–H and O–H groups in total. The Hall–Kier alpha value is -4.24. The van der Waals surface area contributed by atoms with Gasteiger partial charge in [-0.2, -0.15) is 0 Å². The molecule has 8 nitrogen and oxygen atoms in total. The molecular weight excluding hydrogens is 492 g/mol. The molecule has 0 amide bonds. The number of fused-ring (bicyclic) bond motifs is 2. The van der Waals surface area contributed by atoms with Crippen molar-refractivity contribution in [2.75, 3.05) is 7.11 Å². The molecule has 0 fully saturated rings. The van der Waals surface area contributed by atoms with Gasteiger partial charge in [-0.15, -0.1) is 0 Å². The summed E-state index contributed by atoms with van der Waals surface area (Å²) in [6.45, 7) is 4.97. The molecule has 37 heavy (non-hydrogen) atoms. The lowest BCUT2D eigenvalue weighted by Crippen LogP contribution is -2.40. The second-order valence-electron chi connectivity index (χ2n) is 8.68. The Balaban J connectivity index is 1.66. The Morgan fingerprint density at radius 2 is 1.86 bits per heavy atom. The molecule has 188 valence electrons. The van der Waals surface area contributed by atoms with Crippen molar-refractivity contribution in [1.29, 1.82) is 0 Å². The first-order valence-electron chi connectivity index (χ1n) is 11.6. The molecule has 0 saturated heterocycles. The number of benzene rings is 2. The first-order valence-corrected chi connectivity index (χ1v) is 12.4. The van der Waals surface area contributed by atoms with Crippen molar-refractivity contribution in [3.05, 3.63) is 96.2 Å². The summed E-state index contributed by atoms with van der Waals surface area (Å²) in [4.78, 5) is 43.0. The van der Waals surface area contributed by atoms with E-state index in [1.807, 2.05) is 43.3 Å². The van der Waals surface area contributed by atoms with E-state index in [1.54, 1.807) is 31.2 Å². The molecule has 2 unspecified atom stereocenters. The summed E-state index contributed by atoms with van der Waals surface area (Å²) >= 11 is 1.25. The van der Waals surface area contributed by atoms with Gasteiger partial charge in [0.15, 0.2) is 4.80 Å². The number of aromatic nitrogens is 1. The molecular formula is C28H24N2O6S. The minimum absolute atomic E-state index is 0.245. The van der Waals surface area contributed by atoms with Gasteiger partial charge < -0.3 is 14.2 Å². The highest BCUT2D eigenvalue weighted by Gasteiger charge is 2.33. The van der Waals surface area contributed by atoms with Crippen LogP contribution < -0.4 is 24.4 Å². The lowest BCUT2D eigenvalue weighted by atomic mass is 9.96. The monoisotopic (exact) mass is 516 g/mol. The van der Waals surface area contributed by atoms with Crippen LogP contribution in [0.3, 0.4) is 0 Å². The van der Waals surface area contributed by atoms with Gasteiger partial charge in [0.2, 0.25) is 0 Å². The van der Waals surface area contributed by atoms with Crippen LogP contribution in [0.25, 0.3) is 12.2 Å². The van der Waals surface area contributed by atoms with Crippen molar-refractivity contribution in [3.63, 3.8) is 0 Å². The van der Waals surface area contributed by atoms with E-state index in [0.717, 1.165) is 16.9 Å². The topological polar surface area (TPSA) is 96.2 Å². The van der Waals surface area contributed by atoms with Gasteiger partial charge in [0.25, 0.3) is 5.56 Å². The summed E-state index contributed by atoms with van der Waals surface area (Å²) in [6.07, 6.45) is 3.59. The molecule has 0 bridgehead atoms. The third kappa shape index (κ3) is 4.53.